The number of anilines is 2. The predicted molar refractivity (Wildman–Crippen MR) is 68.5 cm³/mol. The lowest BCUT2D eigenvalue weighted by molar-refractivity contribution is -0.141. The Bertz CT molecular complexity index is 478. The van der Waals surface area contributed by atoms with E-state index in [1.54, 1.807) is 6.92 Å². The van der Waals surface area contributed by atoms with Gasteiger partial charge in [-0.1, -0.05) is 0 Å². The van der Waals surface area contributed by atoms with E-state index < -0.39 is 11.9 Å². The van der Waals surface area contributed by atoms with Gasteiger partial charge in [-0.2, -0.15) is 18.2 Å². The Labute approximate surface area is 114 Å². The number of aromatic nitrogens is 2. The first-order chi connectivity index (χ1) is 9.27. The van der Waals surface area contributed by atoms with Crippen molar-refractivity contribution in [3.63, 3.8) is 0 Å². The first-order valence-electron chi connectivity index (χ1n) is 5.89. The summed E-state index contributed by atoms with van der Waals surface area (Å²) in [6.07, 6.45) is -4.57. The Morgan fingerprint density at radius 3 is 2.55 bits per heavy atom. The van der Waals surface area contributed by atoms with Crippen molar-refractivity contribution in [3.05, 3.63) is 11.8 Å². The van der Waals surface area contributed by atoms with Gasteiger partial charge in [0.15, 0.2) is 5.69 Å². The van der Waals surface area contributed by atoms with Crippen LogP contribution in [0.2, 0.25) is 0 Å². The van der Waals surface area contributed by atoms with Crippen LogP contribution >= 0.6 is 0 Å². The lowest BCUT2D eigenvalue weighted by Gasteiger charge is -2.19. The highest BCUT2D eigenvalue weighted by Crippen LogP contribution is 2.30. The molecule has 1 heterocycles. The van der Waals surface area contributed by atoms with Gasteiger partial charge in [0.25, 0.3) is 0 Å². The number of carbonyl (C=O) groups excluding carboxylic acids is 1. The van der Waals surface area contributed by atoms with Crippen molar-refractivity contribution in [3.8, 4) is 0 Å². The summed E-state index contributed by atoms with van der Waals surface area (Å²) >= 11 is 0. The largest absolute Gasteiger partial charge is 0.433 e. The van der Waals surface area contributed by atoms with Gasteiger partial charge in [0.1, 0.15) is 5.82 Å². The van der Waals surface area contributed by atoms with E-state index in [-0.39, 0.29) is 24.2 Å². The van der Waals surface area contributed by atoms with Crippen molar-refractivity contribution in [1.29, 1.82) is 0 Å². The van der Waals surface area contributed by atoms with E-state index in [0.29, 0.717) is 6.54 Å². The second-order valence-corrected chi connectivity index (χ2v) is 3.99. The number of amides is 1. The first kappa shape index (κ1) is 16.0. The molecule has 112 valence electrons. The summed E-state index contributed by atoms with van der Waals surface area (Å²) in [6.45, 7) is 2.01. The molecule has 0 saturated carbocycles. The lowest BCUT2D eigenvalue weighted by Crippen LogP contribution is -2.33. The predicted octanol–water partition coefficient (Wildman–Crippen LogP) is 1.11. The molecule has 1 rings (SSSR count). The second-order valence-electron chi connectivity index (χ2n) is 3.99. The third-order valence-corrected chi connectivity index (χ3v) is 2.39. The molecule has 0 spiro atoms. The number of rotatable bonds is 5. The summed E-state index contributed by atoms with van der Waals surface area (Å²) in [6, 6.07) is 0.809. The van der Waals surface area contributed by atoms with Crippen LogP contribution in [0.3, 0.4) is 0 Å². The summed E-state index contributed by atoms with van der Waals surface area (Å²) in [5, 5.41) is 5.02. The molecule has 0 bridgehead atoms. The second kappa shape index (κ2) is 6.40. The van der Waals surface area contributed by atoms with Crippen LogP contribution in [0.15, 0.2) is 6.07 Å². The number of likely N-dealkylation sites (N-methyl/N-ethyl adjacent to an activating group) is 2. The van der Waals surface area contributed by atoms with E-state index >= 15 is 0 Å². The van der Waals surface area contributed by atoms with Crippen molar-refractivity contribution in [2.24, 2.45) is 0 Å². The van der Waals surface area contributed by atoms with Crippen molar-refractivity contribution in [2.45, 2.75) is 13.1 Å². The number of hydrogen-bond acceptors (Lipinski definition) is 5. The average molecular weight is 291 g/mol. The molecular formula is C11H16F3N5O. The van der Waals surface area contributed by atoms with Crippen LogP contribution < -0.4 is 15.5 Å². The molecule has 2 N–H and O–H groups in total. The van der Waals surface area contributed by atoms with Crippen LogP contribution in [0.5, 0.6) is 0 Å². The van der Waals surface area contributed by atoms with Gasteiger partial charge in [-0.3, -0.25) is 4.79 Å². The molecule has 0 saturated heterocycles. The number of nitrogens with one attached hydrogen (secondary N) is 2. The fourth-order valence-corrected chi connectivity index (χ4v) is 1.39. The van der Waals surface area contributed by atoms with E-state index in [0.717, 1.165) is 6.07 Å². The number of halogens is 3. The highest BCUT2D eigenvalue weighted by molar-refractivity contribution is 5.80. The van der Waals surface area contributed by atoms with E-state index in [1.165, 1.54) is 19.0 Å². The van der Waals surface area contributed by atoms with E-state index in [9.17, 15) is 18.0 Å². The van der Waals surface area contributed by atoms with Gasteiger partial charge >= 0.3 is 6.18 Å². The monoisotopic (exact) mass is 291 g/mol. The van der Waals surface area contributed by atoms with Crippen LogP contribution in [0.4, 0.5) is 24.9 Å². The molecule has 0 aliphatic carbocycles. The molecule has 20 heavy (non-hydrogen) atoms. The van der Waals surface area contributed by atoms with Crippen molar-refractivity contribution >= 4 is 17.7 Å². The Morgan fingerprint density at radius 1 is 1.40 bits per heavy atom. The minimum atomic E-state index is -4.57. The van der Waals surface area contributed by atoms with E-state index in [1.807, 2.05) is 0 Å². The molecule has 0 aromatic carbocycles. The molecule has 0 unspecified atom stereocenters. The minimum absolute atomic E-state index is 0.0203. The Balaban J connectivity index is 3.11. The van der Waals surface area contributed by atoms with Crippen molar-refractivity contribution in [2.75, 3.05) is 37.4 Å². The van der Waals surface area contributed by atoms with E-state index in [2.05, 4.69) is 20.6 Å². The van der Waals surface area contributed by atoms with Crippen LogP contribution in [0, 0.1) is 0 Å². The standard InChI is InChI=1S/C11H16F3N5O/c1-4-16-10-17-7(11(12,13)14)5-8(18-10)19(3)6-9(20)15-2/h5H,4,6H2,1-3H3,(H,15,20)(H,16,17,18). The average Bonchev–Trinajstić information content (AvgIpc) is 2.37. The maximum atomic E-state index is 12.8. The lowest BCUT2D eigenvalue weighted by atomic mass is 10.3. The SMILES string of the molecule is CCNc1nc(N(C)CC(=O)NC)cc(C(F)(F)F)n1. The van der Waals surface area contributed by atoms with Crippen molar-refractivity contribution < 1.29 is 18.0 Å². The Morgan fingerprint density at radius 2 is 2.05 bits per heavy atom. The van der Waals surface area contributed by atoms with Gasteiger partial charge in [0.2, 0.25) is 11.9 Å². The van der Waals surface area contributed by atoms with Gasteiger partial charge in [0, 0.05) is 26.7 Å². The number of nitrogens with zero attached hydrogens (tertiary/aromatic N) is 3. The fourth-order valence-electron chi connectivity index (χ4n) is 1.39. The van der Waals surface area contributed by atoms with E-state index in [4.69, 9.17) is 0 Å². The minimum Gasteiger partial charge on any atom is -0.358 e. The summed E-state index contributed by atoms with van der Waals surface area (Å²) in [4.78, 5) is 19.9. The van der Waals surface area contributed by atoms with Crippen molar-refractivity contribution in [1.82, 2.24) is 15.3 Å². The molecule has 1 aromatic heterocycles. The number of carbonyl (C=O) groups is 1. The zero-order valence-corrected chi connectivity index (χ0v) is 11.4. The molecule has 0 atom stereocenters. The normalized spacial score (nSPS) is 11.1. The summed E-state index contributed by atoms with van der Waals surface area (Å²) in [5.74, 6) is -0.433. The quantitative estimate of drug-likeness (QED) is 0.850. The highest BCUT2D eigenvalue weighted by Gasteiger charge is 2.34. The first-order valence-corrected chi connectivity index (χ1v) is 5.89. The summed E-state index contributed by atoms with van der Waals surface area (Å²) < 4.78 is 38.3. The molecule has 0 aliphatic rings. The Kier molecular flexibility index (Phi) is 5.12. The molecular weight excluding hydrogens is 275 g/mol. The van der Waals surface area contributed by atoms with Crippen LogP contribution in [0.1, 0.15) is 12.6 Å². The zero-order chi connectivity index (χ0) is 15.3. The molecule has 9 heteroatoms. The molecule has 1 amide bonds. The van der Waals surface area contributed by atoms with Crippen LogP contribution in [-0.2, 0) is 11.0 Å². The van der Waals surface area contributed by atoms with Gasteiger partial charge in [-0.25, -0.2) is 4.98 Å². The fraction of sp³-hybridized carbons (Fsp3) is 0.545. The molecule has 0 aliphatic heterocycles. The van der Waals surface area contributed by atoms with Gasteiger partial charge in [-0.05, 0) is 6.92 Å². The highest BCUT2D eigenvalue weighted by atomic mass is 19.4. The third-order valence-electron chi connectivity index (χ3n) is 2.39. The molecule has 6 nitrogen and oxygen atoms in total. The maximum absolute atomic E-state index is 12.8. The van der Waals surface area contributed by atoms with Crippen LogP contribution in [0.25, 0.3) is 0 Å². The molecule has 0 radical (unpaired) electrons. The topological polar surface area (TPSA) is 70.2 Å². The van der Waals surface area contributed by atoms with Crippen LogP contribution in [-0.4, -0.2) is 43.1 Å². The number of hydrogen-bond donors (Lipinski definition) is 2. The van der Waals surface area contributed by atoms with Gasteiger partial charge in [0.05, 0.1) is 6.54 Å². The third kappa shape index (κ3) is 4.25. The maximum Gasteiger partial charge on any atom is 0.433 e. The zero-order valence-electron chi connectivity index (χ0n) is 11.4. The number of alkyl halides is 3. The molecule has 0 fully saturated rings. The van der Waals surface area contributed by atoms with Gasteiger partial charge < -0.3 is 15.5 Å². The summed E-state index contributed by atoms with van der Waals surface area (Å²) in [7, 11) is 2.93. The molecule has 1 aromatic rings. The van der Waals surface area contributed by atoms with Gasteiger partial charge in [-0.15, -0.1) is 0 Å². The Hall–Kier alpha value is -2.06. The smallest absolute Gasteiger partial charge is 0.358 e. The summed E-state index contributed by atoms with van der Waals surface area (Å²) in [5.41, 5.74) is -1.05.